The summed E-state index contributed by atoms with van der Waals surface area (Å²) in [6, 6.07) is 2.86. The maximum atomic E-state index is 13.3. The van der Waals surface area contributed by atoms with Crippen LogP contribution in [-0.2, 0) is 14.4 Å². The van der Waals surface area contributed by atoms with Gasteiger partial charge in [0, 0.05) is 18.6 Å². The van der Waals surface area contributed by atoms with E-state index >= 15 is 0 Å². The van der Waals surface area contributed by atoms with Gasteiger partial charge in [0.05, 0.1) is 12.3 Å². The lowest BCUT2D eigenvalue weighted by molar-refractivity contribution is -0.110. The predicted molar refractivity (Wildman–Crippen MR) is 68.4 cm³/mol. The molecule has 0 saturated carbocycles. The summed E-state index contributed by atoms with van der Waals surface area (Å²) in [6.07, 6.45) is 1.81. The highest BCUT2D eigenvalue weighted by Crippen LogP contribution is 2.14. The monoisotopic (exact) mass is 284 g/mol. The third-order valence-corrected chi connectivity index (χ3v) is 2.77. The van der Waals surface area contributed by atoms with Crippen LogP contribution < -0.4 is 5.32 Å². The van der Waals surface area contributed by atoms with Gasteiger partial charge in [-0.3, -0.25) is 4.79 Å². The summed E-state index contributed by atoms with van der Waals surface area (Å²) in [7, 11) is 0. The van der Waals surface area contributed by atoms with Crippen molar-refractivity contribution in [1.29, 1.82) is 0 Å². The van der Waals surface area contributed by atoms with Gasteiger partial charge in [0.1, 0.15) is 24.5 Å². The quantitative estimate of drug-likeness (QED) is 0.664. The molecule has 7 heteroatoms. The van der Waals surface area contributed by atoms with E-state index in [1.54, 1.807) is 0 Å². The summed E-state index contributed by atoms with van der Waals surface area (Å²) in [4.78, 5) is 16.4. The number of oxime groups is 1. The van der Waals surface area contributed by atoms with Crippen LogP contribution in [0.15, 0.2) is 23.4 Å². The van der Waals surface area contributed by atoms with Gasteiger partial charge in [0.2, 0.25) is 0 Å². The molecular weight excluding hydrogens is 270 g/mol. The van der Waals surface area contributed by atoms with E-state index in [1.807, 2.05) is 0 Å². The fourth-order valence-electron chi connectivity index (χ4n) is 1.70. The van der Waals surface area contributed by atoms with Crippen molar-refractivity contribution in [3.8, 4) is 0 Å². The van der Waals surface area contributed by atoms with Gasteiger partial charge in [-0.25, -0.2) is 8.78 Å². The molecule has 1 atom stereocenters. The highest BCUT2D eigenvalue weighted by atomic mass is 19.1. The summed E-state index contributed by atoms with van der Waals surface area (Å²) in [5, 5.41) is 5.72. The Morgan fingerprint density at radius 1 is 1.55 bits per heavy atom. The highest BCUT2D eigenvalue weighted by molar-refractivity contribution is 6.31. The molecule has 1 heterocycles. The van der Waals surface area contributed by atoms with Gasteiger partial charge < -0.3 is 14.9 Å². The largest absolute Gasteiger partial charge is 0.395 e. The second kappa shape index (κ2) is 6.95. The molecule has 1 fully saturated rings. The number of hydrogen-bond donors (Lipinski definition) is 1. The molecule has 1 unspecified atom stereocenters. The Bertz CT molecular complexity index is 502. The molecule has 20 heavy (non-hydrogen) atoms. The second-order valence-electron chi connectivity index (χ2n) is 4.37. The van der Waals surface area contributed by atoms with Crippen molar-refractivity contribution in [3.05, 3.63) is 29.8 Å². The van der Waals surface area contributed by atoms with E-state index in [2.05, 4.69) is 10.5 Å². The third kappa shape index (κ3) is 4.27. The van der Waals surface area contributed by atoms with Crippen LogP contribution in [0, 0.1) is 17.6 Å². The molecule has 108 valence electrons. The fourth-order valence-corrected chi connectivity index (χ4v) is 1.70. The minimum atomic E-state index is -0.851. The molecule has 1 saturated heterocycles. The Balaban J connectivity index is 1.76. The number of ether oxygens (including phenoxy) is 1. The molecule has 2 rings (SSSR count). The predicted octanol–water partition coefficient (Wildman–Crippen LogP) is 1.94. The number of halogens is 2. The topological polar surface area (TPSA) is 59.9 Å². The SMILES string of the molecule is O=C(C=NOCC1CCOC1)Nc1ccc(F)cc1F. The lowest BCUT2D eigenvalue weighted by Crippen LogP contribution is -2.14. The molecule has 5 nitrogen and oxygen atoms in total. The number of amides is 1. The Morgan fingerprint density at radius 2 is 2.40 bits per heavy atom. The minimum Gasteiger partial charge on any atom is -0.395 e. The molecule has 1 aromatic rings. The molecule has 0 bridgehead atoms. The van der Waals surface area contributed by atoms with Crippen molar-refractivity contribution >= 4 is 17.8 Å². The number of nitrogens with one attached hydrogen (secondary N) is 1. The van der Waals surface area contributed by atoms with Crippen LogP contribution in [0.25, 0.3) is 0 Å². The molecule has 1 aliphatic heterocycles. The zero-order chi connectivity index (χ0) is 14.4. The van der Waals surface area contributed by atoms with Crippen LogP contribution in [0.2, 0.25) is 0 Å². The van der Waals surface area contributed by atoms with E-state index < -0.39 is 17.5 Å². The summed E-state index contributed by atoms with van der Waals surface area (Å²) in [6.45, 7) is 1.71. The lowest BCUT2D eigenvalue weighted by Gasteiger charge is -2.05. The molecule has 1 aliphatic rings. The van der Waals surface area contributed by atoms with Crippen molar-refractivity contribution < 1.29 is 23.1 Å². The number of anilines is 1. The zero-order valence-electron chi connectivity index (χ0n) is 10.6. The van der Waals surface area contributed by atoms with Crippen molar-refractivity contribution in [2.24, 2.45) is 11.1 Å². The Morgan fingerprint density at radius 3 is 3.10 bits per heavy atom. The van der Waals surface area contributed by atoms with Crippen LogP contribution in [0.1, 0.15) is 6.42 Å². The summed E-state index contributed by atoms with van der Waals surface area (Å²) < 4.78 is 31.1. The molecule has 1 aromatic carbocycles. The van der Waals surface area contributed by atoms with E-state index in [4.69, 9.17) is 9.57 Å². The maximum absolute atomic E-state index is 13.3. The summed E-state index contributed by atoms with van der Waals surface area (Å²) >= 11 is 0. The molecule has 0 radical (unpaired) electrons. The summed E-state index contributed by atoms with van der Waals surface area (Å²) in [5.74, 6) is -1.94. The molecule has 0 spiro atoms. The van der Waals surface area contributed by atoms with Crippen LogP contribution in [0.3, 0.4) is 0 Å². The Hall–Kier alpha value is -2.02. The van der Waals surface area contributed by atoms with Gasteiger partial charge in [-0.15, -0.1) is 0 Å². The molecular formula is C13H14F2N2O3. The number of hydrogen-bond acceptors (Lipinski definition) is 4. The molecule has 1 amide bonds. The van der Waals surface area contributed by atoms with E-state index in [9.17, 15) is 13.6 Å². The van der Waals surface area contributed by atoms with E-state index in [-0.39, 0.29) is 11.6 Å². The van der Waals surface area contributed by atoms with Crippen LogP contribution in [0.4, 0.5) is 14.5 Å². The average Bonchev–Trinajstić information content (AvgIpc) is 2.91. The number of rotatable bonds is 5. The first-order valence-corrected chi connectivity index (χ1v) is 6.14. The molecule has 0 aliphatic carbocycles. The average molecular weight is 284 g/mol. The third-order valence-electron chi connectivity index (χ3n) is 2.77. The lowest BCUT2D eigenvalue weighted by atomic mass is 10.1. The first-order chi connectivity index (χ1) is 9.65. The first-order valence-electron chi connectivity index (χ1n) is 6.14. The maximum Gasteiger partial charge on any atom is 0.270 e. The number of carbonyl (C=O) groups is 1. The van der Waals surface area contributed by atoms with Crippen molar-refractivity contribution in [1.82, 2.24) is 0 Å². The van der Waals surface area contributed by atoms with Gasteiger partial charge in [-0.2, -0.15) is 0 Å². The van der Waals surface area contributed by atoms with Crippen molar-refractivity contribution in [2.45, 2.75) is 6.42 Å². The Kier molecular flexibility index (Phi) is 5.00. The van der Waals surface area contributed by atoms with Gasteiger partial charge in [0.15, 0.2) is 0 Å². The van der Waals surface area contributed by atoms with Gasteiger partial charge in [-0.05, 0) is 18.6 Å². The normalized spacial score (nSPS) is 18.4. The Labute approximate surface area is 114 Å². The number of carbonyl (C=O) groups excluding carboxylic acids is 1. The molecule has 0 aromatic heterocycles. The van der Waals surface area contributed by atoms with Crippen molar-refractivity contribution in [3.63, 3.8) is 0 Å². The number of nitrogens with zero attached hydrogens (tertiary/aromatic N) is 1. The number of benzene rings is 1. The van der Waals surface area contributed by atoms with Crippen LogP contribution in [0.5, 0.6) is 0 Å². The smallest absolute Gasteiger partial charge is 0.270 e. The zero-order valence-corrected chi connectivity index (χ0v) is 10.6. The molecule has 1 N–H and O–H groups in total. The standard InChI is InChI=1S/C13H14F2N2O3/c14-10-1-2-12(11(15)5-10)17-13(18)6-16-20-8-9-3-4-19-7-9/h1-2,5-6,9H,3-4,7-8H2,(H,17,18). The van der Waals surface area contributed by atoms with Crippen LogP contribution >= 0.6 is 0 Å². The van der Waals surface area contributed by atoms with Gasteiger partial charge >= 0.3 is 0 Å². The fraction of sp³-hybridized carbons (Fsp3) is 0.385. The van der Waals surface area contributed by atoms with Gasteiger partial charge in [0.25, 0.3) is 5.91 Å². The van der Waals surface area contributed by atoms with E-state index in [0.717, 1.165) is 24.8 Å². The van der Waals surface area contributed by atoms with Crippen molar-refractivity contribution in [2.75, 3.05) is 25.1 Å². The van der Waals surface area contributed by atoms with Crippen LogP contribution in [-0.4, -0.2) is 31.9 Å². The second-order valence-corrected chi connectivity index (χ2v) is 4.37. The minimum absolute atomic E-state index is 0.118. The van der Waals surface area contributed by atoms with Gasteiger partial charge in [-0.1, -0.05) is 5.16 Å². The summed E-state index contributed by atoms with van der Waals surface area (Å²) in [5.41, 5.74) is -0.118. The van der Waals surface area contributed by atoms with E-state index in [0.29, 0.717) is 25.9 Å². The van der Waals surface area contributed by atoms with E-state index in [1.165, 1.54) is 0 Å². The highest BCUT2D eigenvalue weighted by Gasteiger charge is 2.15. The first kappa shape index (κ1) is 14.4.